The van der Waals surface area contributed by atoms with Crippen molar-refractivity contribution in [3.63, 3.8) is 0 Å². The molecule has 2 aromatic carbocycles. The summed E-state index contributed by atoms with van der Waals surface area (Å²) >= 11 is 0. The van der Waals surface area contributed by atoms with E-state index in [0.29, 0.717) is 5.69 Å². The number of benzene rings is 2. The highest BCUT2D eigenvalue weighted by Crippen LogP contribution is 2.48. The first-order chi connectivity index (χ1) is 14.6. The lowest BCUT2D eigenvalue weighted by atomic mass is 9.92. The predicted octanol–water partition coefficient (Wildman–Crippen LogP) is 3.74. The molecule has 2 atom stereocenters. The quantitative estimate of drug-likeness (QED) is 0.432. The normalized spacial score (nSPS) is 19.3. The molecule has 1 aliphatic rings. The maximum absolute atomic E-state index is 14.3. The van der Waals surface area contributed by atoms with E-state index in [1.165, 1.54) is 41.2 Å². The number of aromatic nitrogens is 3. The molecular formula is C20H16F5N3O3. The Balaban J connectivity index is 1.58. The van der Waals surface area contributed by atoms with E-state index in [-0.39, 0.29) is 17.9 Å². The zero-order valence-electron chi connectivity index (χ0n) is 16.1. The molecule has 4 rings (SSSR count). The first kappa shape index (κ1) is 21.0. The van der Waals surface area contributed by atoms with Crippen LogP contribution in [0, 0.1) is 11.6 Å². The summed E-state index contributed by atoms with van der Waals surface area (Å²) in [5.74, 6) is -1.52. The van der Waals surface area contributed by atoms with E-state index in [1.54, 1.807) is 6.92 Å². The number of alkyl halides is 3. The van der Waals surface area contributed by atoms with Crippen molar-refractivity contribution in [3.8, 4) is 11.4 Å². The highest BCUT2D eigenvalue weighted by Gasteiger charge is 2.54. The van der Waals surface area contributed by atoms with Gasteiger partial charge >= 0.3 is 11.9 Å². The fourth-order valence-electron chi connectivity index (χ4n) is 3.36. The van der Waals surface area contributed by atoms with Gasteiger partial charge in [-0.05, 0) is 37.3 Å². The molecule has 31 heavy (non-hydrogen) atoms. The molecule has 0 bridgehead atoms. The smallest absolute Gasteiger partial charge is 0.422 e. The summed E-state index contributed by atoms with van der Waals surface area (Å²) in [5, 5.41) is 4.03. The van der Waals surface area contributed by atoms with Gasteiger partial charge in [0, 0.05) is 11.6 Å². The monoisotopic (exact) mass is 441 g/mol. The molecule has 0 radical (unpaired) electrons. The molecule has 0 aliphatic carbocycles. The Morgan fingerprint density at radius 3 is 2.45 bits per heavy atom. The maximum Gasteiger partial charge on any atom is 0.422 e. The number of nitrogens with zero attached hydrogens (tertiary/aromatic N) is 3. The number of hydrogen-bond donors (Lipinski definition) is 0. The molecule has 164 valence electrons. The van der Waals surface area contributed by atoms with Gasteiger partial charge in [0.05, 0.1) is 18.3 Å². The molecule has 0 spiro atoms. The minimum Gasteiger partial charge on any atom is -0.484 e. The maximum atomic E-state index is 14.3. The minimum absolute atomic E-state index is 0.0148. The second-order valence-corrected chi connectivity index (χ2v) is 7.11. The fourth-order valence-corrected chi connectivity index (χ4v) is 3.36. The van der Waals surface area contributed by atoms with E-state index < -0.39 is 41.8 Å². The Morgan fingerprint density at radius 2 is 1.87 bits per heavy atom. The van der Waals surface area contributed by atoms with Crippen LogP contribution in [-0.4, -0.2) is 33.7 Å². The summed E-state index contributed by atoms with van der Waals surface area (Å²) in [6.45, 7) is 0.358. The molecular weight excluding hydrogens is 425 g/mol. The summed E-state index contributed by atoms with van der Waals surface area (Å²) in [6, 6.07) is 7.83. The van der Waals surface area contributed by atoms with Crippen LogP contribution in [0.3, 0.4) is 0 Å². The van der Waals surface area contributed by atoms with Crippen molar-refractivity contribution in [1.82, 2.24) is 14.3 Å². The van der Waals surface area contributed by atoms with Crippen molar-refractivity contribution in [2.75, 3.05) is 13.2 Å². The molecule has 6 nitrogen and oxygen atoms in total. The lowest BCUT2D eigenvalue weighted by Gasteiger charge is -2.21. The molecule has 0 N–H and O–H groups in total. The fraction of sp³-hybridized carbons (Fsp3) is 0.300. The molecule has 1 aliphatic heterocycles. The number of rotatable bonds is 6. The van der Waals surface area contributed by atoms with Gasteiger partial charge in [-0.15, -0.1) is 0 Å². The van der Waals surface area contributed by atoms with Crippen LogP contribution in [-0.2, 0) is 10.3 Å². The molecule has 0 amide bonds. The SMILES string of the molecule is C[C@@H](n1cnn(-c2ccc(OCC(F)(F)F)cc2)c1=O)[C@]1(c2ccc(F)cc2F)CO1. The number of halogens is 5. The van der Waals surface area contributed by atoms with E-state index >= 15 is 0 Å². The van der Waals surface area contributed by atoms with Gasteiger partial charge in [-0.25, -0.2) is 13.6 Å². The summed E-state index contributed by atoms with van der Waals surface area (Å²) in [7, 11) is 0. The third-order valence-electron chi connectivity index (χ3n) is 5.11. The Labute approximate surface area is 172 Å². The van der Waals surface area contributed by atoms with Gasteiger partial charge in [0.15, 0.2) is 6.61 Å². The topological polar surface area (TPSA) is 61.6 Å². The molecule has 11 heteroatoms. The van der Waals surface area contributed by atoms with Crippen molar-refractivity contribution < 1.29 is 31.4 Å². The number of ether oxygens (including phenoxy) is 2. The zero-order valence-corrected chi connectivity index (χ0v) is 16.1. The van der Waals surface area contributed by atoms with E-state index in [1.807, 2.05) is 0 Å². The highest BCUT2D eigenvalue weighted by molar-refractivity contribution is 5.36. The van der Waals surface area contributed by atoms with Gasteiger partial charge in [-0.1, -0.05) is 6.07 Å². The van der Waals surface area contributed by atoms with Crippen LogP contribution in [0.4, 0.5) is 22.0 Å². The van der Waals surface area contributed by atoms with E-state index in [9.17, 15) is 26.7 Å². The number of epoxide rings is 1. The summed E-state index contributed by atoms with van der Waals surface area (Å²) in [5.41, 5.74) is -1.26. The van der Waals surface area contributed by atoms with Crippen molar-refractivity contribution >= 4 is 0 Å². The molecule has 1 aromatic heterocycles. The molecule has 2 heterocycles. The van der Waals surface area contributed by atoms with E-state index in [0.717, 1.165) is 16.8 Å². The summed E-state index contributed by atoms with van der Waals surface area (Å²) in [6.07, 6.45) is -3.21. The third kappa shape index (κ3) is 4.05. The van der Waals surface area contributed by atoms with Crippen molar-refractivity contribution in [3.05, 3.63) is 76.5 Å². The van der Waals surface area contributed by atoms with Gasteiger partial charge in [-0.3, -0.25) is 4.57 Å². The Bertz CT molecular complexity index is 1150. The van der Waals surface area contributed by atoms with Crippen LogP contribution in [0.25, 0.3) is 5.69 Å². The van der Waals surface area contributed by atoms with Crippen LogP contribution in [0.1, 0.15) is 18.5 Å². The van der Waals surface area contributed by atoms with E-state index in [4.69, 9.17) is 4.74 Å². The average Bonchev–Trinajstić information content (AvgIpc) is 3.42. The second kappa shape index (κ2) is 7.49. The minimum atomic E-state index is -4.46. The molecule has 1 fully saturated rings. The predicted molar refractivity (Wildman–Crippen MR) is 98.1 cm³/mol. The Hall–Kier alpha value is -3.21. The average molecular weight is 441 g/mol. The van der Waals surface area contributed by atoms with Gasteiger partial charge < -0.3 is 9.47 Å². The summed E-state index contributed by atoms with van der Waals surface area (Å²) < 4.78 is 76.7. The summed E-state index contributed by atoms with van der Waals surface area (Å²) in [4.78, 5) is 12.9. The van der Waals surface area contributed by atoms with Crippen LogP contribution < -0.4 is 10.4 Å². The standard InChI is InChI=1S/C20H16F5N3O3/c1-12(19(9-31-19)16-7-2-13(21)8-17(16)22)27-11-26-28(18(27)29)14-3-5-15(6-4-14)30-10-20(23,24)25/h2-8,11-12H,9-10H2,1H3/t12-,19+/m1/s1. The Kier molecular flexibility index (Phi) is 5.08. The first-order valence-corrected chi connectivity index (χ1v) is 9.16. The highest BCUT2D eigenvalue weighted by atomic mass is 19.4. The molecule has 1 saturated heterocycles. The lowest BCUT2D eigenvalue weighted by molar-refractivity contribution is -0.153. The third-order valence-corrected chi connectivity index (χ3v) is 5.11. The van der Waals surface area contributed by atoms with Crippen LogP contribution >= 0.6 is 0 Å². The van der Waals surface area contributed by atoms with Gasteiger partial charge in [0.2, 0.25) is 0 Å². The largest absolute Gasteiger partial charge is 0.484 e. The second-order valence-electron chi connectivity index (χ2n) is 7.11. The van der Waals surface area contributed by atoms with Gasteiger partial charge in [0.1, 0.15) is 29.3 Å². The molecule has 3 aromatic rings. The van der Waals surface area contributed by atoms with Crippen molar-refractivity contribution in [1.29, 1.82) is 0 Å². The van der Waals surface area contributed by atoms with Gasteiger partial charge in [-0.2, -0.15) is 23.0 Å². The molecule has 0 unspecified atom stereocenters. The zero-order chi connectivity index (χ0) is 22.4. The molecule has 0 saturated carbocycles. The van der Waals surface area contributed by atoms with Crippen LogP contribution in [0.15, 0.2) is 53.6 Å². The van der Waals surface area contributed by atoms with E-state index in [2.05, 4.69) is 9.84 Å². The first-order valence-electron chi connectivity index (χ1n) is 9.16. The van der Waals surface area contributed by atoms with Gasteiger partial charge in [0.25, 0.3) is 0 Å². The van der Waals surface area contributed by atoms with Crippen LogP contribution in [0.2, 0.25) is 0 Å². The number of hydrogen-bond acceptors (Lipinski definition) is 4. The van der Waals surface area contributed by atoms with Crippen LogP contribution in [0.5, 0.6) is 5.75 Å². The lowest BCUT2D eigenvalue weighted by Crippen LogP contribution is -2.33. The van der Waals surface area contributed by atoms with Crippen molar-refractivity contribution in [2.45, 2.75) is 24.7 Å². The van der Waals surface area contributed by atoms with Crippen molar-refractivity contribution in [2.24, 2.45) is 0 Å². The Morgan fingerprint density at radius 1 is 1.19 bits per heavy atom.